The number of hydrogen-bond acceptors (Lipinski definition) is 3. The molecule has 0 saturated carbocycles. The largest absolute Gasteiger partial charge is 0.352 e. The average molecular weight is 323 g/mol. The lowest BCUT2D eigenvalue weighted by atomic mass is 10.2. The molecule has 0 aliphatic heterocycles. The summed E-state index contributed by atoms with van der Waals surface area (Å²) in [5.41, 5.74) is 0.454. The molecule has 0 aliphatic rings. The van der Waals surface area contributed by atoms with Crippen molar-refractivity contribution in [2.24, 2.45) is 0 Å². The number of carbonyl (C=O) groups is 2. The van der Waals surface area contributed by atoms with Gasteiger partial charge in [0, 0.05) is 38.5 Å². The second-order valence-corrected chi connectivity index (χ2v) is 5.78. The quantitative estimate of drug-likeness (QED) is 0.751. The number of rotatable bonds is 9. The van der Waals surface area contributed by atoms with Crippen LogP contribution in [0.5, 0.6) is 0 Å². The molecule has 0 spiro atoms. The van der Waals surface area contributed by atoms with Gasteiger partial charge in [0.2, 0.25) is 11.8 Å². The number of carbonyl (C=O) groups excluding carboxylic acids is 2. The Morgan fingerprint density at radius 1 is 1.13 bits per heavy atom. The molecule has 23 heavy (non-hydrogen) atoms. The minimum absolute atomic E-state index is 0.0364. The Labute approximate surface area is 137 Å². The van der Waals surface area contributed by atoms with Gasteiger partial charge in [0.1, 0.15) is 5.82 Å². The Morgan fingerprint density at radius 2 is 1.83 bits per heavy atom. The lowest BCUT2D eigenvalue weighted by Gasteiger charge is -2.21. The molecular formula is C17H26FN3O2. The van der Waals surface area contributed by atoms with E-state index in [1.165, 1.54) is 13.0 Å². The maximum Gasteiger partial charge on any atom is 0.222 e. The number of benzene rings is 1. The first kappa shape index (κ1) is 19.1. The van der Waals surface area contributed by atoms with Crippen molar-refractivity contribution >= 4 is 11.8 Å². The zero-order valence-electron chi connectivity index (χ0n) is 14.1. The summed E-state index contributed by atoms with van der Waals surface area (Å²) < 4.78 is 13.5. The first-order valence-corrected chi connectivity index (χ1v) is 7.80. The highest BCUT2D eigenvalue weighted by Gasteiger charge is 2.11. The lowest BCUT2D eigenvalue weighted by Crippen LogP contribution is -2.35. The van der Waals surface area contributed by atoms with Crippen LogP contribution in [0.3, 0.4) is 0 Å². The molecule has 1 aromatic rings. The minimum atomic E-state index is -0.332. The van der Waals surface area contributed by atoms with E-state index < -0.39 is 0 Å². The molecule has 0 aromatic heterocycles. The molecule has 0 aliphatic carbocycles. The molecule has 6 heteroatoms. The maximum atomic E-state index is 13.5. The molecular weight excluding hydrogens is 297 g/mol. The third kappa shape index (κ3) is 7.74. The number of hydrogen-bond donors (Lipinski definition) is 1. The van der Waals surface area contributed by atoms with Crippen LogP contribution in [0.1, 0.15) is 25.3 Å². The summed E-state index contributed by atoms with van der Waals surface area (Å²) in [5, 5.41) is 2.68. The minimum Gasteiger partial charge on any atom is -0.352 e. The number of amides is 2. The van der Waals surface area contributed by atoms with Crippen LogP contribution in [0.25, 0.3) is 0 Å². The standard InChI is InChI=1S/C17H26FN3O2/c1-14(22)21(11-6-10-20(2)3)12-9-17(23)19-13-15-7-4-5-8-16(15)18/h4-5,7-8H,6,9-13H2,1-3H3,(H,19,23). The molecule has 1 aromatic carbocycles. The topological polar surface area (TPSA) is 52.7 Å². The Balaban J connectivity index is 2.34. The average Bonchev–Trinajstić information content (AvgIpc) is 2.49. The van der Waals surface area contributed by atoms with Crippen molar-refractivity contribution in [1.29, 1.82) is 0 Å². The zero-order valence-corrected chi connectivity index (χ0v) is 14.1. The Morgan fingerprint density at radius 3 is 2.43 bits per heavy atom. The summed E-state index contributed by atoms with van der Waals surface area (Å²) >= 11 is 0. The zero-order chi connectivity index (χ0) is 17.2. The van der Waals surface area contributed by atoms with E-state index in [1.807, 2.05) is 14.1 Å². The van der Waals surface area contributed by atoms with Crippen molar-refractivity contribution in [3.63, 3.8) is 0 Å². The Hall–Kier alpha value is -1.95. The van der Waals surface area contributed by atoms with Gasteiger partial charge in [0.25, 0.3) is 0 Å². The number of nitrogens with one attached hydrogen (secondary N) is 1. The third-order valence-electron chi connectivity index (χ3n) is 3.52. The summed E-state index contributed by atoms with van der Waals surface area (Å²) in [5.74, 6) is -0.556. The molecule has 0 atom stereocenters. The van der Waals surface area contributed by atoms with Gasteiger partial charge in [-0.2, -0.15) is 0 Å². The normalized spacial score (nSPS) is 10.7. The van der Waals surface area contributed by atoms with E-state index in [0.717, 1.165) is 13.0 Å². The second-order valence-electron chi connectivity index (χ2n) is 5.78. The van der Waals surface area contributed by atoms with Gasteiger partial charge in [-0.05, 0) is 33.1 Å². The summed E-state index contributed by atoms with van der Waals surface area (Å²) in [4.78, 5) is 27.2. The van der Waals surface area contributed by atoms with Crippen molar-refractivity contribution in [1.82, 2.24) is 15.1 Å². The van der Waals surface area contributed by atoms with E-state index in [9.17, 15) is 14.0 Å². The van der Waals surface area contributed by atoms with Crippen molar-refractivity contribution in [3.8, 4) is 0 Å². The fraction of sp³-hybridized carbons (Fsp3) is 0.529. The van der Waals surface area contributed by atoms with Crippen LogP contribution in [0.15, 0.2) is 24.3 Å². The van der Waals surface area contributed by atoms with E-state index in [4.69, 9.17) is 0 Å². The molecule has 5 nitrogen and oxygen atoms in total. The fourth-order valence-corrected chi connectivity index (χ4v) is 2.16. The first-order chi connectivity index (χ1) is 10.9. The molecule has 0 radical (unpaired) electrons. The van der Waals surface area contributed by atoms with Gasteiger partial charge in [-0.15, -0.1) is 0 Å². The van der Waals surface area contributed by atoms with E-state index in [-0.39, 0.29) is 30.6 Å². The molecule has 0 heterocycles. The molecule has 1 N–H and O–H groups in total. The Kier molecular flexibility index (Phi) is 8.26. The van der Waals surface area contributed by atoms with E-state index in [1.54, 1.807) is 23.1 Å². The van der Waals surface area contributed by atoms with E-state index in [2.05, 4.69) is 10.2 Å². The highest BCUT2D eigenvalue weighted by Crippen LogP contribution is 2.05. The van der Waals surface area contributed by atoms with Crippen LogP contribution >= 0.6 is 0 Å². The second kappa shape index (κ2) is 9.94. The van der Waals surface area contributed by atoms with Crippen molar-refractivity contribution in [2.45, 2.75) is 26.3 Å². The smallest absolute Gasteiger partial charge is 0.222 e. The SMILES string of the molecule is CC(=O)N(CCCN(C)C)CCC(=O)NCc1ccccc1F. The van der Waals surface area contributed by atoms with Gasteiger partial charge in [0.05, 0.1) is 0 Å². The van der Waals surface area contributed by atoms with Crippen LogP contribution in [-0.4, -0.2) is 55.3 Å². The molecule has 2 amide bonds. The van der Waals surface area contributed by atoms with Crippen LogP contribution < -0.4 is 5.32 Å². The number of halogens is 1. The molecule has 0 fully saturated rings. The van der Waals surface area contributed by atoms with Crippen LogP contribution in [-0.2, 0) is 16.1 Å². The molecule has 0 saturated heterocycles. The van der Waals surface area contributed by atoms with Crippen LogP contribution in [0, 0.1) is 5.82 Å². The summed E-state index contributed by atoms with van der Waals surface area (Å²) in [6.45, 7) is 3.57. The van der Waals surface area contributed by atoms with E-state index in [0.29, 0.717) is 18.7 Å². The van der Waals surface area contributed by atoms with Crippen LogP contribution in [0.2, 0.25) is 0 Å². The molecule has 1 rings (SSSR count). The predicted molar refractivity (Wildman–Crippen MR) is 88.3 cm³/mol. The highest BCUT2D eigenvalue weighted by molar-refractivity contribution is 5.78. The first-order valence-electron chi connectivity index (χ1n) is 7.80. The van der Waals surface area contributed by atoms with Crippen molar-refractivity contribution < 1.29 is 14.0 Å². The predicted octanol–water partition coefficient (Wildman–Crippen LogP) is 1.63. The lowest BCUT2D eigenvalue weighted by molar-refractivity contribution is -0.129. The number of nitrogens with zero attached hydrogens (tertiary/aromatic N) is 2. The third-order valence-corrected chi connectivity index (χ3v) is 3.52. The van der Waals surface area contributed by atoms with Gasteiger partial charge in [-0.3, -0.25) is 9.59 Å². The van der Waals surface area contributed by atoms with Gasteiger partial charge >= 0.3 is 0 Å². The fourth-order valence-electron chi connectivity index (χ4n) is 2.16. The van der Waals surface area contributed by atoms with Gasteiger partial charge in [-0.1, -0.05) is 18.2 Å². The molecule has 128 valence electrons. The summed E-state index contributed by atoms with van der Waals surface area (Å²) in [6.07, 6.45) is 1.08. The van der Waals surface area contributed by atoms with Gasteiger partial charge in [-0.25, -0.2) is 4.39 Å². The Bertz CT molecular complexity index is 520. The van der Waals surface area contributed by atoms with Crippen molar-refractivity contribution in [2.75, 3.05) is 33.7 Å². The highest BCUT2D eigenvalue weighted by atomic mass is 19.1. The summed E-state index contributed by atoms with van der Waals surface area (Å²) in [6, 6.07) is 6.34. The summed E-state index contributed by atoms with van der Waals surface area (Å²) in [7, 11) is 3.96. The van der Waals surface area contributed by atoms with Crippen LogP contribution in [0.4, 0.5) is 4.39 Å². The van der Waals surface area contributed by atoms with Gasteiger partial charge < -0.3 is 15.1 Å². The molecule has 0 bridgehead atoms. The monoisotopic (exact) mass is 323 g/mol. The molecule has 0 unspecified atom stereocenters. The maximum absolute atomic E-state index is 13.5. The van der Waals surface area contributed by atoms with Gasteiger partial charge in [0.15, 0.2) is 0 Å². The van der Waals surface area contributed by atoms with Crippen molar-refractivity contribution in [3.05, 3.63) is 35.6 Å². The van der Waals surface area contributed by atoms with E-state index >= 15 is 0 Å².